The first-order valence-corrected chi connectivity index (χ1v) is 12.6. The monoisotopic (exact) mass is 467 g/mol. The van der Waals surface area contributed by atoms with Crippen LogP contribution in [0.2, 0.25) is 10.0 Å². The molecule has 1 atom stereocenters. The van der Waals surface area contributed by atoms with Gasteiger partial charge in [-0.15, -0.1) is 11.3 Å². The number of hydrogen-bond acceptors (Lipinski definition) is 4. The van der Waals surface area contributed by atoms with Gasteiger partial charge in [0.25, 0.3) is 5.91 Å². The van der Waals surface area contributed by atoms with Crippen molar-refractivity contribution in [1.29, 1.82) is 0 Å². The maximum atomic E-state index is 13.5. The smallest absolute Gasteiger partial charge is 0.266 e. The summed E-state index contributed by atoms with van der Waals surface area (Å²) >= 11 is 14.0. The molecule has 0 aliphatic carbocycles. The van der Waals surface area contributed by atoms with Crippen molar-refractivity contribution in [3.63, 3.8) is 0 Å². The number of halogens is 2. The molecule has 1 saturated heterocycles. The Morgan fingerprint density at radius 1 is 1.21 bits per heavy atom. The number of hydrogen-bond donors (Lipinski definition) is 0. The van der Waals surface area contributed by atoms with Crippen LogP contribution in [-0.4, -0.2) is 36.8 Å². The Hall–Kier alpha value is -1.60. The van der Waals surface area contributed by atoms with Gasteiger partial charge in [-0.25, -0.2) is 8.42 Å². The molecule has 0 unspecified atom stereocenters. The fourth-order valence-electron chi connectivity index (χ4n) is 3.66. The highest BCUT2D eigenvalue weighted by atomic mass is 35.5. The Balaban J connectivity index is 1.74. The van der Waals surface area contributed by atoms with Gasteiger partial charge >= 0.3 is 0 Å². The molecule has 8 heteroatoms. The van der Waals surface area contributed by atoms with Gasteiger partial charge in [0.2, 0.25) is 0 Å². The molecule has 4 nitrogen and oxygen atoms in total. The second-order valence-electron chi connectivity index (χ2n) is 7.36. The second-order valence-corrected chi connectivity index (χ2v) is 11.5. The van der Waals surface area contributed by atoms with E-state index in [1.54, 1.807) is 17.0 Å². The summed E-state index contributed by atoms with van der Waals surface area (Å²) in [6, 6.07) is 12.8. The van der Waals surface area contributed by atoms with Crippen LogP contribution in [0.15, 0.2) is 42.5 Å². The van der Waals surface area contributed by atoms with Crippen LogP contribution in [-0.2, 0) is 16.4 Å². The number of carbonyl (C=O) groups excluding carboxylic acids is 1. The van der Waals surface area contributed by atoms with Gasteiger partial charge in [0.15, 0.2) is 9.84 Å². The van der Waals surface area contributed by atoms with Gasteiger partial charge in [-0.05, 0) is 42.7 Å². The number of carbonyl (C=O) groups is 1. The molecule has 0 bridgehead atoms. The normalized spacial score (nSPS) is 18.2. The highest BCUT2D eigenvalue weighted by Gasteiger charge is 2.36. The summed E-state index contributed by atoms with van der Waals surface area (Å²) in [7, 11) is -3.15. The Bertz CT molecular complexity index is 1200. The third-order valence-electron chi connectivity index (χ3n) is 5.13. The minimum Gasteiger partial charge on any atom is -0.330 e. The van der Waals surface area contributed by atoms with Gasteiger partial charge in [0, 0.05) is 27.7 Å². The lowest BCUT2D eigenvalue weighted by molar-refractivity contribution is 0.0686. The molecule has 2 heterocycles. The molecule has 0 spiro atoms. The van der Waals surface area contributed by atoms with E-state index in [2.05, 4.69) is 0 Å². The van der Waals surface area contributed by atoms with E-state index in [1.165, 1.54) is 11.3 Å². The van der Waals surface area contributed by atoms with Crippen molar-refractivity contribution in [3.05, 3.63) is 68.5 Å². The molecule has 2 aromatic carbocycles. The molecule has 152 valence electrons. The minimum absolute atomic E-state index is 0.0269. The van der Waals surface area contributed by atoms with Crippen LogP contribution < -0.4 is 0 Å². The molecule has 1 aliphatic heterocycles. The summed E-state index contributed by atoms with van der Waals surface area (Å²) in [6.45, 7) is 2.27. The SMILES string of the molecule is Cc1ccc2c(Cl)c(C(=O)N(Cc3cccc(Cl)c3)[C@H]3CCS(=O)(=O)C3)sc2c1. The van der Waals surface area contributed by atoms with E-state index < -0.39 is 9.84 Å². The van der Waals surface area contributed by atoms with Gasteiger partial charge < -0.3 is 4.90 Å². The summed E-state index contributed by atoms with van der Waals surface area (Å²) in [5.74, 6) is -0.173. The predicted molar refractivity (Wildman–Crippen MR) is 120 cm³/mol. The second kappa shape index (κ2) is 7.91. The van der Waals surface area contributed by atoms with Crippen LogP contribution >= 0.6 is 34.5 Å². The van der Waals surface area contributed by atoms with E-state index >= 15 is 0 Å². The van der Waals surface area contributed by atoms with Crippen LogP contribution in [0.5, 0.6) is 0 Å². The molecular formula is C21H19Cl2NO3S2. The summed E-state index contributed by atoms with van der Waals surface area (Å²) in [5.41, 5.74) is 1.94. The van der Waals surface area contributed by atoms with E-state index in [-0.39, 0.29) is 30.0 Å². The zero-order chi connectivity index (χ0) is 20.8. The number of aryl methyl sites for hydroxylation is 1. The van der Waals surface area contributed by atoms with Gasteiger partial charge in [-0.1, -0.05) is 47.5 Å². The number of sulfone groups is 1. The number of fused-ring (bicyclic) bond motifs is 1. The van der Waals surface area contributed by atoms with Crippen molar-refractivity contribution in [2.24, 2.45) is 0 Å². The average molecular weight is 468 g/mol. The van der Waals surface area contributed by atoms with E-state index in [0.29, 0.717) is 21.3 Å². The van der Waals surface area contributed by atoms with Gasteiger partial charge in [0.1, 0.15) is 4.88 Å². The Morgan fingerprint density at radius 2 is 2.00 bits per heavy atom. The minimum atomic E-state index is -3.15. The van der Waals surface area contributed by atoms with E-state index in [1.807, 2.05) is 37.3 Å². The highest BCUT2D eigenvalue weighted by molar-refractivity contribution is 7.91. The summed E-state index contributed by atoms with van der Waals surface area (Å²) < 4.78 is 25.1. The highest BCUT2D eigenvalue weighted by Crippen LogP contribution is 2.37. The molecule has 29 heavy (non-hydrogen) atoms. The summed E-state index contributed by atoms with van der Waals surface area (Å²) in [5, 5.41) is 1.84. The zero-order valence-corrected chi connectivity index (χ0v) is 18.8. The van der Waals surface area contributed by atoms with Crippen molar-refractivity contribution >= 4 is 60.4 Å². The first kappa shape index (κ1) is 20.7. The standard InChI is InChI=1S/C21H19Cl2NO3S2/c1-13-5-6-17-18(9-13)28-20(19(17)23)21(25)24(16-7-8-29(26,27)12-16)11-14-3-2-4-15(22)10-14/h2-6,9-10,16H,7-8,11-12H2,1H3/t16-/m0/s1. The molecule has 0 radical (unpaired) electrons. The lowest BCUT2D eigenvalue weighted by Crippen LogP contribution is -2.40. The summed E-state index contributed by atoms with van der Waals surface area (Å²) in [6.07, 6.45) is 0.427. The van der Waals surface area contributed by atoms with Crippen molar-refractivity contribution in [1.82, 2.24) is 4.90 Å². The van der Waals surface area contributed by atoms with Crippen LogP contribution in [0.4, 0.5) is 0 Å². The fraction of sp³-hybridized carbons (Fsp3) is 0.286. The maximum Gasteiger partial charge on any atom is 0.266 e. The molecule has 1 fully saturated rings. The number of rotatable bonds is 4. The number of thiophene rings is 1. The van der Waals surface area contributed by atoms with Crippen molar-refractivity contribution in [3.8, 4) is 0 Å². The molecule has 0 saturated carbocycles. The first-order chi connectivity index (χ1) is 13.7. The summed E-state index contributed by atoms with van der Waals surface area (Å²) in [4.78, 5) is 15.6. The number of benzene rings is 2. The molecular weight excluding hydrogens is 449 g/mol. The van der Waals surface area contributed by atoms with E-state index in [4.69, 9.17) is 23.2 Å². The average Bonchev–Trinajstić information content (AvgIpc) is 3.18. The lowest BCUT2D eigenvalue weighted by atomic mass is 10.1. The zero-order valence-electron chi connectivity index (χ0n) is 15.7. The van der Waals surface area contributed by atoms with Crippen LogP contribution in [0.3, 0.4) is 0 Å². The van der Waals surface area contributed by atoms with Gasteiger partial charge in [-0.2, -0.15) is 0 Å². The third kappa shape index (κ3) is 4.31. The Kier molecular flexibility index (Phi) is 5.64. The molecule has 1 aromatic heterocycles. The van der Waals surface area contributed by atoms with Crippen LogP contribution in [0.1, 0.15) is 27.2 Å². The molecule has 1 aliphatic rings. The largest absolute Gasteiger partial charge is 0.330 e. The quantitative estimate of drug-likeness (QED) is 0.519. The Morgan fingerprint density at radius 3 is 2.69 bits per heavy atom. The van der Waals surface area contributed by atoms with E-state index in [9.17, 15) is 13.2 Å². The molecule has 0 N–H and O–H groups in total. The maximum absolute atomic E-state index is 13.5. The molecule has 1 amide bonds. The van der Waals surface area contributed by atoms with Gasteiger partial charge in [-0.3, -0.25) is 4.79 Å². The lowest BCUT2D eigenvalue weighted by Gasteiger charge is -2.28. The first-order valence-electron chi connectivity index (χ1n) is 9.18. The number of nitrogens with zero attached hydrogens (tertiary/aromatic N) is 1. The fourth-order valence-corrected chi connectivity index (χ4v) is 7.17. The topological polar surface area (TPSA) is 54.5 Å². The van der Waals surface area contributed by atoms with Crippen LogP contribution in [0, 0.1) is 6.92 Å². The molecule has 4 rings (SSSR count). The van der Waals surface area contributed by atoms with Gasteiger partial charge in [0.05, 0.1) is 16.5 Å². The van der Waals surface area contributed by atoms with Crippen molar-refractivity contribution in [2.75, 3.05) is 11.5 Å². The third-order valence-corrected chi connectivity index (χ3v) is 8.76. The van der Waals surface area contributed by atoms with Crippen LogP contribution in [0.25, 0.3) is 10.1 Å². The number of amides is 1. The molecule has 3 aromatic rings. The van der Waals surface area contributed by atoms with Crippen molar-refractivity contribution < 1.29 is 13.2 Å². The van der Waals surface area contributed by atoms with Crippen molar-refractivity contribution in [2.45, 2.75) is 25.9 Å². The predicted octanol–water partition coefficient (Wildman–Crippen LogP) is 5.35. The van der Waals surface area contributed by atoms with E-state index in [0.717, 1.165) is 21.2 Å². The Labute approximate surface area is 184 Å².